The summed E-state index contributed by atoms with van der Waals surface area (Å²) >= 11 is 3.38. The third-order valence-electron chi connectivity index (χ3n) is 4.83. The van der Waals surface area contributed by atoms with Crippen molar-refractivity contribution in [3.05, 3.63) is 39.4 Å². The number of nitrogens with zero attached hydrogens (tertiary/aromatic N) is 4. The number of piperidine rings is 1. The Morgan fingerprint density at radius 2 is 2.20 bits per heavy atom. The van der Waals surface area contributed by atoms with E-state index in [0.29, 0.717) is 29.9 Å². The molecule has 6 nitrogen and oxygen atoms in total. The number of fused-ring (bicyclic) bond motifs is 1. The Morgan fingerprint density at radius 1 is 1.40 bits per heavy atom. The summed E-state index contributed by atoms with van der Waals surface area (Å²) in [5.74, 6) is 0.104. The van der Waals surface area contributed by atoms with E-state index >= 15 is 0 Å². The third kappa shape index (κ3) is 4.10. The summed E-state index contributed by atoms with van der Waals surface area (Å²) < 4.78 is 2.37. The highest BCUT2D eigenvalue weighted by atomic mass is 79.9. The van der Waals surface area contributed by atoms with Crippen LogP contribution >= 0.6 is 15.9 Å². The van der Waals surface area contributed by atoms with Crippen LogP contribution in [0.5, 0.6) is 0 Å². The molecule has 2 heterocycles. The summed E-state index contributed by atoms with van der Waals surface area (Å²) in [6.07, 6.45) is 4.01. The van der Waals surface area contributed by atoms with Crippen LogP contribution in [0, 0.1) is 0 Å². The van der Waals surface area contributed by atoms with Crippen LogP contribution in [0.15, 0.2) is 33.8 Å². The van der Waals surface area contributed by atoms with E-state index in [1.54, 1.807) is 6.07 Å². The predicted octanol–water partition coefficient (Wildman–Crippen LogP) is 2.10. The minimum Gasteiger partial charge on any atom is -0.341 e. The number of hydrogen-bond acceptors (Lipinski definition) is 4. The number of aryl methyl sites for hydroxylation is 1. The number of hydrogen-bond donors (Lipinski definition) is 0. The third-order valence-corrected chi connectivity index (χ3v) is 5.33. The van der Waals surface area contributed by atoms with Gasteiger partial charge in [0.2, 0.25) is 5.91 Å². The number of rotatable bonds is 4. The first-order chi connectivity index (χ1) is 12.0. The van der Waals surface area contributed by atoms with Gasteiger partial charge in [-0.15, -0.1) is 0 Å². The molecule has 3 rings (SSSR count). The van der Waals surface area contributed by atoms with E-state index in [4.69, 9.17) is 0 Å². The summed E-state index contributed by atoms with van der Waals surface area (Å²) in [7, 11) is 4.11. The average Bonchev–Trinajstić information content (AvgIpc) is 2.61. The lowest BCUT2D eigenvalue weighted by molar-refractivity contribution is -0.133. The van der Waals surface area contributed by atoms with Crippen LogP contribution in [-0.4, -0.2) is 58.5 Å². The number of halogens is 1. The van der Waals surface area contributed by atoms with E-state index in [9.17, 15) is 9.59 Å². The highest BCUT2D eigenvalue weighted by molar-refractivity contribution is 9.10. The van der Waals surface area contributed by atoms with E-state index in [1.165, 1.54) is 10.9 Å². The number of amides is 1. The number of carbonyl (C=O) groups excluding carboxylic acids is 1. The van der Waals surface area contributed by atoms with E-state index in [1.807, 2.05) is 17.0 Å². The maximum atomic E-state index is 12.6. The zero-order chi connectivity index (χ0) is 18.0. The minimum atomic E-state index is -0.107. The van der Waals surface area contributed by atoms with Gasteiger partial charge in [-0.2, -0.15) is 0 Å². The quantitative estimate of drug-likeness (QED) is 0.779. The van der Waals surface area contributed by atoms with Crippen molar-refractivity contribution < 1.29 is 4.79 Å². The van der Waals surface area contributed by atoms with E-state index in [2.05, 4.69) is 39.9 Å². The molecule has 1 unspecified atom stereocenters. The molecule has 0 saturated carbocycles. The molecule has 1 aromatic carbocycles. The normalized spacial score (nSPS) is 18.1. The number of aromatic nitrogens is 2. The summed E-state index contributed by atoms with van der Waals surface area (Å²) in [6, 6.07) is 5.86. The monoisotopic (exact) mass is 406 g/mol. The van der Waals surface area contributed by atoms with Crippen molar-refractivity contribution in [3.8, 4) is 0 Å². The van der Waals surface area contributed by atoms with Crippen LogP contribution in [0.1, 0.15) is 19.3 Å². The Hall–Kier alpha value is -1.73. The molecule has 1 fully saturated rings. The Kier molecular flexibility index (Phi) is 5.54. The van der Waals surface area contributed by atoms with Gasteiger partial charge in [-0.1, -0.05) is 15.9 Å². The second-order valence-electron chi connectivity index (χ2n) is 6.75. The Labute approximate surface area is 155 Å². The van der Waals surface area contributed by atoms with E-state index in [0.717, 1.165) is 30.4 Å². The van der Waals surface area contributed by atoms with Crippen molar-refractivity contribution in [2.24, 2.45) is 0 Å². The van der Waals surface area contributed by atoms with Gasteiger partial charge in [0.25, 0.3) is 5.56 Å². The number of likely N-dealkylation sites (N-methyl/N-ethyl adjacent to an activating group) is 1. The van der Waals surface area contributed by atoms with Crippen LogP contribution < -0.4 is 5.56 Å². The first-order valence-electron chi connectivity index (χ1n) is 8.54. The van der Waals surface area contributed by atoms with Crippen molar-refractivity contribution in [2.75, 3.05) is 27.2 Å². The second kappa shape index (κ2) is 7.66. The highest BCUT2D eigenvalue weighted by Gasteiger charge is 2.24. The number of benzene rings is 1. The van der Waals surface area contributed by atoms with E-state index in [-0.39, 0.29) is 11.5 Å². The first-order valence-corrected chi connectivity index (χ1v) is 9.34. The smallest absolute Gasteiger partial charge is 0.261 e. The molecule has 0 bridgehead atoms. The molecule has 1 aliphatic rings. The molecule has 2 aromatic rings. The molecule has 7 heteroatoms. The standard InChI is InChI=1S/C18H23BrN4O2/c1-21(2)14-4-3-8-22(11-14)17(24)7-9-23-12-20-16-6-5-13(19)10-15(16)18(23)25/h5-6,10,12,14H,3-4,7-9,11H2,1-2H3. The molecule has 1 amide bonds. The molecule has 1 saturated heterocycles. The molecule has 134 valence electrons. The van der Waals surface area contributed by atoms with Crippen molar-refractivity contribution in [3.63, 3.8) is 0 Å². The molecule has 25 heavy (non-hydrogen) atoms. The molecule has 1 aromatic heterocycles. The van der Waals surface area contributed by atoms with Gasteiger partial charge >= 0.3 is 0 Å². The molecule has 0 radical (unpaired) electrons. The topological polar surface area (TPSA) is 58.4 Å². The van der Waals surface area contributed by atoms with Crippen molar-refractivity contribution in [1.29, 1.82) is 0 Å². The van der Waals surface area contributed by atoms with Gasteiger partial charge in [0.15, 0.2) is 0 Å². The van der Waals surface area contributed by atoms with Gasteiger partial charge in [-0.05, 0) is 45.1 Å². The summed E-state index contributed by atoms with van der Waals surface area (Å²) in [5, 5.41) is 0.565. The lowest BCUT2D eigenvalue weighted by Gasteiger charge is -2.36. The van der Waals surface area contributed by atoms with Gasteiger partial charge in [0.1, 0.15) is 0 Å². The van der Waals surface area contributed by atoms with Gasteiger partial charge < -0.3 is 9.80 Å². The van der Waals surface area contributed by atoms with E-state index < -0.39 is 0 Å². The average molecular weight is 407 g/mol. The van der Waals surface area contributed by atoms with Gasteiger partial charge in [0, 0.05) is 36.6 Å². The summed E-state index contributed by atoms with van der Waals surface area (Å²) in [6.45, 7) is 1.93. The summed E-state index contributed by atoms with van der Waals surface area (Å²) in [4.78, 5) is 33.5. The first kappa shape index (κ1) is 18.1. The van der Waals surface area contributed by atoms with Crippen LogP contribution in [0.4, 0.5) is 0 Å². The molecule has 0 aliphatic carbocycles. The van der Waals surface area contributed by atoms with Crippen molar-refractivity contribution in [1.82, 2.24) is 19.4 Å². The van der Waals surface area contributed by atoms with Gasteiger partial charge in [-0.25, -0.2) is 4.98 Å². The highest BCUT2D eigenvalue weighted by Crippen LogP contribution is 2.16. The van der Waals surface area contributed by atoms with Crippen molar-refractivity contribution >= 4 is 32.7 Å². The Balaban J connectivity index is 1.69. The second-order valence-corrected chi connectivity index (χ2v) is 7.67. The fourth-order valence-corrected chi connectivity index (χ4v) is 3.63. The molecular formula is C18H23BrN4O2. The zero-order valence-corrected chi connectivity index (χ0v) is 16.2. The fourth-order valence-electron chi connectivity index (χ4n) is 3.27. The Bertz CT molecular complexity index is 833. The molecule has 1 atom stereocenters. The minimum absolute atomic E-state index is 0.104. The SMILES string of the molecule is CN(C)C1CCCN(C(=O)CCn2cnc3ccc(Br)cc3c2=O)C1. The lowest BCUT2D eigenvalue weighted by Crippen LogP contribution is -2.47. The number of likely N-dealkylation sites (tertiary alicyclic amines) is 1. The fraction of sp³-hybridized carbons (Fsp3) is 0.500. The van der Waals surface area contributed by atoms with Crippen LogP contribution in [0.2, 0.25) is 0 Å². The molecule has 0 spiro atoms. The van der Waals surface area contributed by atoms with Crippen LogP contribution in [-0.2, 0) is 11.3 Å². The van der Waals surface area contributed by atoms with Crippen LogP contribution in [0.3, 0.4) is 0 Å². The number of carbonyl (C=O) groups is 1. The maximum Gasteiger partial charge on any atom is 0.261 e. The van der Waals surface area contributed by atoms with Gasteiger partial charge in [-0.3, -0.25) is 14.2 Å². The zero-order valence-electron chi connectivity index (χ0n) is 14.6. The lowest BCUT2D eigenvalue weighted by atomic mass is 10.0. The maximum absolute atomic E-state index is 12.6. The largest absolute Gasteiger partial charge is 0.341 e. The predicted molar refractivity (Wildman–Crippen MR) is 102 cm³/mol. The van der Waals surface area contributed by atoms with Crippen molar-refractivity contribution in [2.45, 2.75) is 31.8 Å². The van der Waals surface area contributed by atoms with Crippen LogP contribution in [0.25, 0.3) is 10.9 Å². The van der Waals surface area contributed by atoms with Gasteiger partial charge in [0.05, 0.1) is 17.2 Å². The summed E-state index contributed by atoms with van der Waals surface area (Å²) in [5.41, 5.74) is 0.560. The molecular weight excluding hydrogens is 384 g/mol. The molecule has 0 N–H and O–H groups in total. The Morgan fingerprint density at radius 3 is 2.96 bits per heavy atom. The molecule has 1 aliphatic heterocycles.